The molecule has 0 spiro atoms. The van der Waals surface area contributed by atoms with Gasteiger partial charge in [0, 0.05) is 22.3 Å². The van der Waals surface area contributed by atoms with Crippen LogP contribution >= 0.6 is 0 Å². The van der Waals surface area contributed by atoms with Crippen LogP contribution in [0.5, 0.6) is 0 Å². The van der Waals surface area contributed by atoms with E-state index in [0.29, 0.717) is 16.7 Å². The molecular formula is C18H8. The number of hydrogen-bond acceptors (Lipinski definition) is 0. The first-order valence-electron chi connectivity index (χ1n) is 5.22. The smallest absolute Gasteiger partial charge is 0.0478 e. The highest BCUT2D eigenvalue weighted by Crippen LogP contribution is 2.26. The molecule has 0 aromatic heterocycles. The van der Waals surface area contributed by atoms with Gasteiger partial charge in [0.2, 0.25) is 0 Å². The fourth-order valence-electron chi connectivity index (χ4n) is 1.90. The van der Waals surface area contributed by atoms with Gasteiger partial charge in [-0.15, -0.1) is 25.7 Å². The number of rotatable bonds is 0. The van der Waals surface area contributed by atoms with Crippen molar-refractivity contribution < 1.29 is 0 Å². The third-order valence-electron chi connectivity index (χ3n) is 2.76. The molecule has 0 bridgehead atoms. The van der Waals surface area contributed by atoms with E-state index in [1.807, 2.05) is 18.2 Å². The maximum Gasteiger partial charge on any atom is 0.0478 e. The third kappa shape index (κ3) is 1.60. The SMILES string of the molecule is C#Cc1ccc2c(C#C)c(C#C)cc(C#C)c2c1. The lowest BCUT2D eigenvalue weighted by Gasteiger charge is -2.07. The highest BCUT2D eigenvalue weighted by Gasteiger charge is 2.08. The van der Waals surface area contributed by atoms with E-state index in [9.17, 15) is 0 Å². The van der Waals surface area contributed by atoms with Crippen LogP contribution in [0.4, 0.5) is 0 Å². The van der Waals surface area contributed by atoms with Crippen molar-refractivity contribution in [2.75, 3.05) is 0 Å². The van der Waals surface area contributed by atoms with E-state index >= 15 is 0 Å². The molecule has 2 aromatic rings. The van der Waals surface area contributed by atoms with Gasteiger partial charge in [-0.05, 0) is 29.0 Å². The summed E-state index contributed by atoms with van der Waals surface area (Å²) in [7, 11) is 0. The first-order valence-corrected chi connectivity index (χ1v) is 5.22. The van der Waals surface area contributed by atoms with Crippen LogP contribution in [0.15, 0.2) is 24.3 Å². The van der Waals surface area contributed by atoms with Crippen LogP contribution in [0.2, 0.25) is 0 Å². The Morgan fingerprint density at radius 3 is 1.94 bits per heavy atom. The minimum Gasteiger partial charge on any atom is -0.115 e. The molecule has 0 aliphatic heterocycles. The maximum absolute atomic E-state index is 5.52. The van der Waals surface area contributed by atoms with E-state index in [2.05, 4.69) is 23.7 Å². The predicted molar refractivity (Wildman–Crippen MR) is 75.7 cm³/mol. The zero-order chi connectivity index (χ0) is 13.1. The van der Waals surface area contributed by atoms with Crippen molar-refractivity contribution in [1.29, 1.82) is 0 Å². The molecule has 0 aliphatic carbocycles. The van der Waals surface area contributed by atoms with Crippen LogP contribution in [-0.2, 0) is 0 Å². The summed E-state index contributed by atoms with van der Waals surface area (Å²) in [5.74, 6) is 10.4. The lowest BCUT2D eigenvalue weighted by molar-refractivity contribution is 1.60. The van der Waals surface area contributed by atoms with Crippen LogP contribution < -0.4 is 0 Å². The summed E-state index contributed by atoms with van der Waals surface area (Å²) in [6.07, 6.45) is 21.9. The molecule has 0 heteroatoms. The molecule has 0 nitrogen and oxygen atoms in total. The largest absolute Gasteiger partial charge is 0.115 e. The van der Waals surface area contributed by atoms with E-state index in [4.69, 9.17) is 25.7 Å². The molecule has 0 radical (unpaired) electrons. The topological polar surface area (TPSA) is 0 Å². The Bertz CT molecular complexity index is 807. The molecule has 0 fully saturated rings. The molecule has 2 rings (SSSR count). The molecule has 0 saturated carbocycles. The highest BCUT2D eigenvalue weighted by atomic mass is 14.1. The number of fused-ring (bicyclic) bond motifs is 1. The summed E-state index contributed by atoms with van der Waals surface area (Å²) in [5.41, 5.74) is 2.77. The lowest BCUT2D eigenvalue weighted by atomic mass is 9.94. The molecule has 0 unspecified atom stereocenters. The van der Waals surface area contributed by atoms with Crippen LogP contribution in [0.3, 0.4) is 0 Å². The van der Waals surface area contributed by atoms with Crippen LogP contribution in [0.1, 0.15) is 22.3 Å². The minimum atomic E-state index is 0.631. The van der Waals surface area contributed by atoms with Gasteiger partial charge in [-0.25, -0.2) is 0 Å². The van der Waals surface area contributed by atoms with Gasteiger partial charge < -0.3 is 0 Å². The summed E-state index contributed by atoms with van der Waals surface area (Å²) < 4.78 is 0. The molecule has 0 amide bonds. The minimum absolute atomic E-state index is 0.631. The fourth-order valence-corrected chi connectivity index (χ4v) is 1.90. The van der Waals surface area contributed by atoms with Crippen LogP contribution in [-0.4, -0.2) is 0 Å². The van der Waals surface area contributed by atoms with Gasteiger partial charge in [0.25, 0.3) is 0 Å². The summed E-state index contributed by atoms with van der Waals surface area (Å²) in [6, 6.07) is 7.29. The molecule has 18 heavy (non-hydrogen) atoms. The summed E-state index contributed by atoms with van der Waals surface area (Å²) in [4.78, 5) is 0. The molecule has 0 N–H and O–H groups in total. The predicted octanol–water partition coefficient (Wildman–Crippen LogP) is 2.77. The van der Waals surface area contributed by atoms with Gasteiger partial charge in [0.05, 0.1) is 0 Å². The third-order valence-corrected chi connectivity index (χ3v) is 2.76. The van der Waals surface area contributed by atoms with E-state index in [1.165, 1.54) is 0 Å². The molecule has 0 aliphatic rings. The van der Waals surface area contributed by atoms with Crippen molar-refractivity contribution in [3.63, 3.8) is 0 Å². The Kier molecular flexibility index (Phi) is 2.82. The lowest BCUT2D eigenvalue weighted by Crippen LogP contribution is -1.91. The molecular weight excluding hydrogens is 216 g/mol. The second-order valence-corrected chi connectivity index (χ2v) is 3.68. The first kappa shape index (κ1) is 11.4. The van der Waals surface area contributed by atoms with Gasteiger partial charge >= 0.3 is 0 Å². The Hall–Kier alpha value is -3.06. The first-order chi connectivity index (χ1) is 8.74. The monoisotopic (exact) mass is 224 g/mol. The number of benzene rings is 2. The van der Waals surface area contributed by atoms with E-state index in [1.54, 1.807) is 6.07 Å². The summed E-state index contributed by atoms with van der Waals surface area (Å²) in [6.45, 7) is 0. The van der Waals surface area contributed by atoms with Crippen molar-refractivity contribution in [3.05, 3.63) is 46.5 Å². The van der Waals surface area contributed by atoms with Crippen molar-refractivity contribution in [2.45, 2.75) is 0 Å². The van der Waals surface area contributed by atoms with Gasteiger partial charge in [-0.2, -0.15) is 0 Å². The van der Waals surface area contributed by atoms with E-state index in [-0.39, 0.29) is 0 Å². The van der Waals surface area contributed by atoms with Gasteiger partial charge in [-0.1, -0.05) is 29.7 Å². The quantitative estimate of drug-likeness (QED) is 0.604. The maximum atomic E-state index is 5.52. The Balaban J connectivity index is 3.04. The van der Waals surface area contributed by atoms with Gasteiger partial charge in [0.15, 0.2) is 0 Å². The molecule has 80 valence electrons. The normalized spacial score (nSPS) is 8.89. The second kappa shape index (κ2) is 4.44. The van der Waals surface area contributed by atoms with Crippen molar-refractivity contribution in [1.82, 2.24) is 0 Å². The Labute approximate surface area is 107 Å². The summed E-state index contributed by atoms with van der Waals surface area (Å²) in [5, 5.41) is 1.72. The van der Waals surface area contributed by atoms with Gasteiger partial charge in [-0.3, -0.25) is 0 Å². The number of terminal acetylenes is 4. The zero-order valence-corrected chi connectivity index (χ0v) is 9.62. The van der Waals surface area contributed by atoms with Crippen molar-refractivity contribution in [2.24, 2.45) is 0 Å². The fraction of sp³-hybridized carbons (Fsp3) is 0. The second-order valence-electron chi connectivity index (χ2n) is 3.68. The Morgan fingerprint density at radius 1 is 0.667 bits per heavy atom. The van der Waals surface area contributed by atoms with E-state index < -0.39 is 0 Å². The highest BCUT2D eigenvalue weighted by molar-refractivity contribution is 5.95. The molecule has 0 heterocycles. The Morgan fingerprint density at radius 2 is 1.39 bits per heavy atom. The average Bonchev–Trinajstić information content (AvgIpc) is 2.44. The zero-order valence-electron chi connectivity index (χ0n) is 9.62. The summed E-state index contributed by atoms with van der Waals surface area (Å²) >= 11 is 0. The van der Waals surface area contributed by atoms with Crippen LogP contribution in [0, 0.1) is 49.4 Å². The molecule has 0 saturated heterocycles. The average molecular weight is 224 g/mol. The molecule has 0 atom stereocenters. The number of hydrogen-bond donors (Lipinski definition) is 0. The van der Waals surface area contributed by atoms with Crippen molar-refractivity contribution in [3.8, 4) is 49.4 Å². The van der Waals surface area contributed by atoms with E-state index in [0.717, 1.165) is 16.3 Å². The van der Waals surface area contributed by atoms with Crippen LogP contribution in [0.25, 0.3) is 10.8 Å². The standard InChI is InChI=1S/C18H8/c1-5-13-9-10-17-16(8-4)14(6-2)12-15(7-3)18(17)11-13/h1-4,9-12H. The molecule has 2 aromatic carbocycles. The van der Waals surface area contributed by atoms with Crippen molar-refractivity contribution >= 4 is 10.8 Å². The van der Waals surface area contributed by atoms with Gasteiger partial charge in [0.1, 0.15) is 0 Å².